The van der Waals surface area contributed by atoms with Gasteiger partial charge in [0.1, 0.15) is 5.60 Å². The Balaban J connectivity index is 2.37. The van der Waals surface area contributed by atoms with Gasteiger partial charge in [0.05, 0.1) is 11.8 Å². The second-order valence-electron chi connectivity index (χ2n) is 5.24. The molecule has 1 aromatic carbocycles. The van der Waals surface area contributed by atoms with Crippen LogP contribution in [0.3, 0.4) is 0 Å². The molecule has 5 nitrogen and oxygen atoms in total. The van der Waals surface area contributed by atoms with Crippen molar-refractivity contribution in [2.45, 2.75) is 32.8 Å². The lowest BCUT2D eigenvalue weighted by atomic mass is 10.1. The SMILES string of the molecule is CC(C)(C)OC(=O)Cc1c(N)ccc2onc(Cl)c12. The van der Waals surface area contributed by atoms with Gasteiger partial charge in [-0.05, 0) is 32.9 Å². The standard InChI is InChI=1S/C13H15ClN2O3/c1-13(2,3)18-10(17)6-7-8(15)4-5-9-11(7)12(14)16-19-9/h4-5H,6,15H2,1-3H3. The summed E-state index contributed by atoms with van der Waals surface area (Å²) in [5, 5.41) is 4.42. The number of esters is 1. The Hall–Kier alpha value is -1.75. The summed E-state index contributed by atoms with van der Waals surface area (Å²) in [7, 11) is 0. The molecule has 0 aliphatic carbocycles. The Kier molecular flexibility index (Phi) is 3.41. The van der Waals surface area contributed by atoms with Crippen molar-refractivity contribution in [2.75, 3.05) is 5.73 Å². The third-order valence-corrected chi connectivity index (χ3v) is 2.74. The maximum atomic E-state index is 11.9. The molecular weight excluding hydrogens is 268 g/mol. The molecule has 0 bridgehead atoms. The highest BCUT2D eigenvalue weighted by atomic mass is 35.5. The van der Waals surface area contributed by atoms with Crippen molar-refractivity contribution < 1.29 is 14.1 Å². The number of nitrogen functional groups attached to an aromatic ring is 1. The van der Waals surface area contributed by atoms with E-state index in [1.165, 1.54) is 0 Å². The zero-order valence-corrected chi connectivity index (χ0v) is 11.7. The fraction of sp³-hybridized carbons (Fsp3) is 0.385. The number of carbonyl (C=O) groups excluding carboxylic acids is 1. The predicted octanol–water partition coefficient (Wildman–Crippen LogP) is 2.95. The van der Waals surface area contributed by atoms with Gasteiger partial charge < -0.3 is 15.0 Å². The van der Waals surface area contributed by atoms with Gasteiger partial charge in [-0.25, -0.2) is 0 Å². The van der Waals surface area contributed by atoms with Crippen molar-refractivity contribution in [3.63, 3.8) is 0 Å². The summed E-state index contributed by atoms with van der Waals surface area (Å²) < 4.78 is 10.3. The molecule has 2 rings (SSSR count). The van der Waals surface area contributed by atoms with Crippen LogP contribution in [0.5, 0.6) is 0 Å². The van der Waals surface area contributed by atoms with Crippen LogP contribution in [0.2, 0.25) is 5.15 Å². The smallest absolute Gasteiger partial charge is 0.310 e. The summed E-state index contributed by atoms with van der Waals surface area (Å²) in [5.74, 6) is -0.371. The van der Waals surface area contributed by atoms with E-state index in [1.54, 1.807) is 32.9 Å². The van der Waals surface area contributed by atoms with Crippen molar-refractivity contribution >= 4 is 34.2 Å². The van der Waals surface area contributed by atoms with Crippen LogP contribution in [-0.4, -0.2) is 16.7 Å². The zero-order chi connectivity index (χ0) is 14.2. The number of nitrogens with zero attached hydrogens (tertiary/aromatic N) is 1. The van der Waals surface area contributed by atoms with Crippen LogP contribution >= 0.6 is 11.6 Å². The number of anilines is 1. The van der Waals surface area contributed by atoms with Gasteiger partial charge in [0.2, 0.25) is 0 Å². The molecule has 102 valence electrons. The fourth-order valence-electron chi connectivity index (χ4n) is 1.79. The summed E-state index contributed by atoms with van der Waals surface area (Å²) >= 11 is 5.95. The Morgan fingerprint density at radius 1 is 1.47 bits per heavy atom. The van der Waals surface area contributed by atoms with E-state index in [9.17, 15) is 4.79 Å². The van der Waals surface area contributed by atoms with Gasteiger partial charge in [0.25, 0.3) is 0 Å². The van der Waals surface area contributed by atoms with Crippen LogP contribution in [0, 0.1) is 0 Å². The Morgan fingerprint density at radius 3 is 2.79 bits per heavy atom. The molecule has 0 unspecified atom stereocenters. The number of halogens is 1. The minimum absolute atomic E-state index is 0.0291. The molecule has 0 saturated heterocycles. The Bertz CT molecular complexity index is 629. The molecule has 1 heterocycles. The third-order valence-electron chi connectivity index (χ3n) is 2.48. The highest BCUT2D eigenvalue weighted by molar-refractivity contribution is 6.34. The zero-order valence-electron chi connectivity index (χ0n) is 11.0. The minimum Gasteiger partial charge on any atom is -0.460 e. The van der Waals surface area contributed by atoms with Crippen molar-refractivity contribution in [3.8, 4) is 0 Å². The molecule has 1 aromatic heterocycles. The third kappa shape index (κ3) is 2.98. The van der Waals surface area contributed by atoms with E-state index in [2.05, 4.69) is 5.16 Å². The predicted molar refractivity (Wildman–Crippen MR) is 73.0 cm³/mol. The van der Waals surface area contributed by atoms with Gasteiger partial charge >= 0.3 is 5.97 Å². The molecular formula is C13H15ClN2O3. The minimum atomic E-state index is -0.543. The van der Waals surface area contributed by atoms with E-state index in [1.807, 2.05) is 0 Å². The van der Waals surface area contributed by atoms with Crippen LogP contribution in [-0.2, 0) is 16.0 Å². The molecule has 0 atom stereocenters. The topological polar surface area (TPSA) is 78.4 Å². The number of fused-ring (bicyclic) bond motifs is 1. The van der Waals surface area contributed by atoms with Crippen LogP contribution in [0.15, 0.2) is 16.7 Å². The van der Waals surface area contributed by atoms with Gasteiger partial charge in [0, 0.05) is 11.3 Å². The molecule has 0 saturated carbocycles. The average molecular weight is 283 g/mol. The second-order valence-corrected chi connectivity index (χ2v) is 5.60. The first-order valence-electron chi connectivity index (χ1n) is 5.82. The van der Waals surface area contributed by atoms with Crippen LogP contribution in [0.4, 0.5) is 5.69 Å². The van der Waals surface area contributed by atoms with E-state index < -0.39 is 5.60 Å². The van der Waals surface area contributed by atoms with E-state index >= 15 is 0 Å². The molecule has 0 aliphatic heterocycles. The summed E-state index contributed by atoms with van der Waals surface area (Å²) in [6, 6.07) is 3.33. The molecule has 0 aliphatic rings. The lowest BCUT2D eigenvalue weighted by Crippen LogP contribution is -2.25. The summed E-state index contributed by atoms with van der Waals surface area (Å²) in [5.41, 5.74) is 6.89. The summed E-state index contributed by atoms with van der Waals surface area (Å²) in [4.78, 5) is 11.9. The highest BCUT2D eigenvalue weighted by Crippen LogP contribution is 2.31. The molecule has 0 radical (unpaired) electrons. The highest BCUT2D eigenvalue weighted by Gasteiger charge is 2.21. The molecule has 0 fully saturated rings. The first kappa shape index (κ1) is 13.7. The van der Waals surface area contributed by atoms with Crippen molar-refractivity contribution in [3.05, 3.63) is 22.8 Å². The first-order chi connectivity index (χ1) is 8.78. The number of hydrogen-bond donors (Lipinski definition) is 1. The van der Waals surface area contributed by atoms with E-state index in [0.29, 0.717) is 22.2 Å². The largest absolute Gasteiger partial charge is 0.460 e. The van der Waals surface area contributed by atoms with Gasteiger partial charge in [-0.2, -0.15) is 0 Å². The molecule has 2 N–H and O–H groups in total. The molecule has 0 spiro atoms. The number of hydrogen-bond acceptors (Lipinski definition) is 5. The maximum absolute atomic E-state index is 11.9. The number of carbonyl (C=O) groups is 1. The van der Waals surface area contributed by atoms with Gasteiger partial charge in [-0.1, -0.05) is 16.8 Å². The van der Waals surface area contributed by atoms with Gasteiger partial charge in [0.15, 0.2) is 10.7 Å². The molecule has 19 heavy (non-hydrogen) atoms. The lowest BCUT2D eigenvalue weighted by molar-refractivity contribution is -0.153. The van der Waals surface area contributed by atoms with Crippen molar-refractivity contribution in [2.24, 2.45) is 0 Å². The fourth-order valence-corrected chi connectivity index (χ4v) is 2.03. The van der Waals surface area contributed by atoms with Gasteiger partial charge in [-0.3, -0.25) is 4.79 Å². The first-order valence-corrected chi connectivity index (χ1v) is 6.20. The average Bonchev–Trinajstić information content (AvgIpc) is 2.62. The van der Waals surface area contributed by atoms with Crippen LogP contribution in [0.1, 0.15) is 26.3 Å². The van der Waals surface area contributed by atoms with Crippen LogP contribution < -0.4 is 5.73 Å². The van der Waals surface area contributed by atoms with E-state index in [0.717, 1.165) is 0 Å². The van der Waals surface area contributed by atoms with Crippen molar-refractivity contribution in [1.29, 1.82) is 0 Å². The summed E-state index contributed by atoms with van der Waals surface area (Å²) in [6.07, 6.45) is 0.0291. The van der Waals surface area contributed by atoms with Gasteiger partial charge in [-0.15, -0.1) is 0 Å². The number of benzene rings is 1. The molecule has 0 amide bonds. The van der Waals surface area contributed by atoms with Crippen molar-refractivity contribution in [1.82, 2.24) is 5.16 Å². The molecule has 6 heteroatoms. The number of nitrogens with two attached hydrogens (primary N) is 1. The monoisotopic (exact) mass is 282 g/mol. The lowest BCUT2D eigenvalue weighted by Gasteiger charge is -2.19. The van der Waals surface area contributed by atoms with E-state index in [-0.39, 0.29) is 17.5 Å². The van der Waals surface area contributed by atoms with E-state index in [4.69, 9.17) is 26.6 Å². The quantitative estimate of drug-likeness (QED) is 0.677. The Morgan fingerprint density at radius 2 is 2.16 bits per heavy atom. The number of aromatic nitrogens is 1. The normalized spacial score (nSPS) is 11.8. The van der Waals surface area contributed by atoms with Crippen LogP contribution in [0.25, 0.3) is 11.0 Å². The summed E-state index contributed by atoms with van der Waals surface area (Å²) in [6.45, 7) is 5.42. The second kappa shape index (κ2) is 4.74. The number of rotatable bonds is 2. The number of ether oxygens (including phenoxy) is 1. The Labute approximate surface area is 115 Å². The molecule has 2 aromatic rings. The maximum Gasteiger partial charge on any atom is 0.310 e.